The predicted octanol–water partition coefficient (Wildman–Crippen LogP) is 2.54. The molecule has 1 amide bonds. The Labute approximate surface area is 127 Å². The first-order chi connectivity index (χ1) is 9.94. The van der Waals surface area contributed by atoms with E-state index in [0.29, 0.717) is 11.6 Å². The summed E-state index contributed by atoms with van der Waals surface area (Å²) in [6.45, 7) is 2.26. The van der Waals surface area contributed by atoms with Crippen molar-refractivity contribution in [2.45, 2.75) is 25.3 Å². The summed E-state index contributed by atoms with van der Waals surface area (Å²) in [6.07, 6.45) is 3.96. The molecule has 0 aromatic carbocycles. The van der Waals surface area contributed by atoms with Gasteiger partial charge in [-0.2, -0.15) is 4.98 Å². The van der Waals surface area contributed by atoms with Crippen LogP contribution < -0.4 is 0 Å². The van der Waals surface area contributed by atoms with Gasteiger partial charge in [0.05, 0.1) is 5.54 Å². The van der Waals surface area contributed by atoms with Crippen LogP contribution in [0.5, 0.6) is 0 Å². The van der Waals surface area contributed by atoms with Crippen molar-refractivity contribution in [2.24, 2.45) is 11.8 Å². The maximum absolute atomic E-state index is 12.6. The molecule has 5 rings (SSSR count). The highest BCUT2D eigenvalue weighted by Gasteiger charge is 2.65. The lowest BCUT2D eigenvalue weighted by molar-refractivity contribution is -0.160. The van der Waals surface area contributed by atoms with Crippen LogP contribution >= 0.6 is 11.6 Å². The minimum atomic E-state index is 0.000970. The molecule has 110 valence electrons. The average Bonchev–Trinajstić information content (AvgIpc) is 2.75. The van der Waals surface area contributed by atoms with E-state index in [2.05, 4.69) is 21.5 Å². The van der Waals surface area contributed by atoms with Crippen molar-refractivity contribution in [3.8, 4) is 0 Å². The highest BCUT2D eigenvalue weighted by molar-refractivity contribution is 6.28. The highest BCUT2D eigenvalue weighted by Crippen LogP contribution is 2.67. The van der Waals surface area contributed by atoms with Gasteiger partial charge in [-0.1, -0.05) is 6.92 Å². The Balaban J connectivity index is 1.98. The van der Waals surface area contributed by atoms with E-state index in [9.17, 15) is 4.79 Å². The molecule has 0 aliphatic heterocycles. The van der Waals surface area contributed by atoms with Crippen molar-refractivity contribution in [1.82, 2.24) is 19.4 Å². The molecule has 2 heterocycles. The first kappa shape index (κ1) is 13.1. The van der Waals surface area contributed by atoms with Crippen molar-refractivity contribution in [3.05, 3.63) is 23.2 Å². The molecule has 21 heavy (non-hydrogen) atoms. The Hall–Kier alpha value is -1.62. The van der Waals surface area contributed by atoms with Crippen LogP contribution in [-0.2, 0) is 5.54 Å². The van der Waals surface area contributed by atoms with Crippen molar-refractivity contribution in [2.75, 3.05) is 14.1 Å². The Bertz CT molecular complexity index is 760. The first-order valence-electron chi connectivity index (χ1n) is 7.20. The number of rotatable bonds is 2. The second-order valence-corrected chi connectivity index (χ2v) is 6.88. The zero-order valence-corrected chi connectivity index (χ0v) is 13.1. The fourth-order valence-corrected chi connectivity index (χ4v) is 4.01. The van der Waals surface area contributed by atoms with Gasteiger partial charge in [0.15, 0.2) is 0 Å². The summed E-state index contributed by atoms with van der Waals surface area (Å²) in [5.41, 5.74) is 1.52. The maximum atomic E-state index is 12.6. The molecule has 0 saturated heterocycles. The molecule has 1 atom stereocenters. The number of hydrogen-bond donors (Lipinski definition) is 0. The summed E-state index contributed by atoms with van der Waals surface area (Å²) in [6, 6.07) is 1.89. The van der Waals surface area contributed by atoms with Gasteiger partial charge in [-0.15, -0.1) is 0 Å². The van der Waals surface area contributed by atoms with Crippen molar-refractivity contribution >= 4 is 28.5 Å². The molecule has 3 saturated carbocycles. The molecule has 3 aliphatic carbocycles. The number of nitrogens with zero attached hydrogens (tertiary/aromatic N) is 4. The second-order valence-electron chi connectivity index (χ2n) is 6.54. The summed E-state index contributed by atoms with van der Waals surface area (Å²) < 4.78 is 2.13. The quantitative estimate of drug-likeness (QED) is 0.801. The Kier molecular flexibility index (Phi) is 2.47. The lowest BCUT2D eigenvalue weighted by atomic mass is 9.42. The van der Waals surface area contributed by atoms with E-state index >= 15 is 0 Å². The summed E-state index contributed by atoms with van der Waals surface area (Å²) in [5.74, 6) is 1.39. The van der Waals surface area contributed by atoms with Gasteiger partial charge in [-0.25, -0.2) is 4.98 Å². The number of carbonyl (C=O) groups is 1. The van der Waals surface area contributed by atoms with Gasteiger partial charge in [0.2, 0.25) is 5.28 Å². The van der Waals surface area contributed by atoms with Crippen molar-refractivity contribution < 1.29 is 4.79 Å². The smallest absolute Gasteiger partial charge is 0.270 e. The average molecular weight is 305 g/mol. The van der Waals surface area contributed by atoms with Gasteiger partial charge in [-0.3, -0.25) is 4.79 Å². The molecule has 2 aromatic rings. The third kappa shape index (κ3) is 1.50. The number of carbonyl (C=O) groups excluding carboxylic acids is 1. The standard InChI is InChI=1S/C15H17ClN4O/c1-8-10-5-15(8,6-10)20-11(13(21)19(2)3)4-9-7-17-14(16)18-12(9)20/h4,7-8,10H,5-6H2,1-3H3/t8-,10?,15?/m1/s1. The molecule has 0 N–H and O–H groups in total. The highest BCUT2D eigenvalue weighted by atomic mass is 35.5. The van der Waals surface area contributed by atoms with Gasteiger partial charge in [0.25, 0.3) is 5.91 Å². The Morgan fingerprint density at radius 2 is 2.19 bits per heavy atom. The largest absolute Gasteiger partial charge is 0.343 e. The van der Waals surface area contributed by atoms with E-state index in [4.69, 9.17) is 11.6 Å². The summed E-state index contributed by atoms with van der Waals surface area (Å²) in [7, 11) is 3.54. The van der Waals surface area contributed by atoms with E-state index in [0.717, 1.165) is 29.8 Å². The van der Waals surface area contributed by atoms with E-state index in [1.54, 1.807) is 25.2 Å². The van der Waals surface area contributed by atoms with E-state index < -0.39 is 0 Å². The molecule has 3 fully saturated rings. The predicted molar refractivity (Wildman–Crippen MR) is 80.4 cm³/mol. The third-order valence-electron chi connectivity index (χ3n) is 5.37. The molecular formula is C15H17ClN4O. The number of fused-ring (bicyclic) bond motifs is 1. The van der Waals surface area contributed by atoms with E-state index in [-0.39, 0.29) is 16.7 Å². The molecular weight excluding hydrogens is 288 g/mol. The van der Waals surface area contributed by atoms with Crippen LogP contribution in [-0.4, -0.2) is 39.4 Å². The van der Waals surface area contributed by atoms with E-state index in [1.165, 1.54) is 0 Å². The van der Waals surface area contributed by atoms with Crippen LogP contribution in [0.25, 0.3) is 11.0 Å². The van der Waals surface area contributed by atoms with Gasteiger partial charge in [-0.05, 0) is 42.3 Å². The lowest BCUT2D eigenvalue weighted by Crippen LogP contribution is -2.67. The topological polar surface area (TPSA) is 51.0 Å². The van der Waals surface area contributed by atoms with Crippen LogP contribution in [0.3, 0.4) is 0 Å². The van der Waals surface area contributed by atoms with Crippen LogP contribution in [0.2, 0.25) is 5.28 Å². The van der Waals surface area contributed by atoms with Crippen molar-refractivity contribution in [3.63, 3.8) is 0 Å². The van der Waals surface area contributed by atoms with Crippen LogP contribution in [0.15, 0.2) is 12.3 Å². The molecule has 2 bridgehead atoms. The maximum Gasteiger partial charge on any atom is 0.270 e. The van der Waals surface area contributed by atoms with Gasteiger partial charge >= 0.3 is 0 Å². The molecule has 0 unspecified atom stereocenters. The van der Waals surface area contributed by atoms with Crippen LogP contribution in [0.1, 0.15) is 30.3 Å². The molecule has 3 aliphatic rings. The number of halogens is 1. The minimum absolute atomic E-state index is 0.000970. The fraction of sp³-hybridized carbons (Fsp3) is 0.533. The fourth-order valence-electron chi connectivity index (χ4n) is 3.88. The van der Waals surface area contributed by atoms with Crippen LogP contribution in [0, 0.1) is 11.8 Å². The second kappa shape index (κ2) is 3.97. The molecule has 5 nitrogen and oxygen atoms in total. The molecule has 0 spiro atoms. The van der Waals surface area contributed by atoms with Crippen LogP contribution in [0.4, 0.5) is 0 Å². The zero-order valence-electron chi connectivity index (χ0n) is 12.3. The number of amides is 1. The van der Waals surface area contributed by atoms with Gasteiger partial charge < -0.3 is 9.47 Å². The zero-order chi connectivity index (χ0) is 14.9. The van der Waals surface area contributed by atoms with Gasteiger partial charge in [0.1, 0.15) is 11.3 Å². The van der Waals surface area contributed by atoms with Crippen molar-refractivity contribution in [1.29, 1.82) is 0 Å². The molecule has 6 heteroatoms. The molecule has 0 radical (unpaired) electrons. The Morgan fingerprint density at radius 1 is 1.48 bits per heavy atom. The normalized spacial score (nSPS) is 29.9. The Morgan fingerprint density at radius 3 is 2.71 bits per heavy atom. The van der Waals surface area contributed by atoms with E-state index in [1.807, 2.05) is 6.07 Å². The molecule has 2 aromatic heterocycles. The van der Waals surface area contributed by atoms with Gasteiger partial charge in [0, 0.05) is 25.7 Å². The number of aromatic nitrogens is 3. The first-order valence-corrected chi connectivity index (χ1v) is 7.58. The minimum Gasteiger partial charge on any atom is -0.343 e. The summed E-state index contributed by atoms with van der Waals surface area (Å²) in [5, 5.41) is 1.10. The SMILES string of the molecule is C[C@@H]1C2CC1(n1c(C(=O)N(C)C)cc3cnc(Cl)nc31)C2. The summed E-state index contributed by atoms with van der Waals surface area (Å²) >= 11 is 5.97. The monoisotopic (exact) mass is 304 g/mol. The third-order valence-corrected chi connectivity index (χ3v) is 5.55. The lowest BCUT2D eigenvalue weighted by Gasteiger charge is -2.68. The summed E-state index contributed by atoms with van der Waals surface area (Å²) in [4.78, 5) is 22.6. The number of hydrogen-bond acceptors (Lipinski definition) is 3.